The monoisotopic (exact) mass is 1230 g/mol. The maximum Gasteiger partial charge on any atom is 0.305 e. The molecular weight excluding hydrogens is 1080 g/mol. The number of aliphatic hydroxyl groups excluding tert-OH is 2. The smallest absolute Gasteiger partial charge is 0.305 e. The van der Waals surface area contributed by atoms with Crippen molar-refractivity contribution in [2.24, 2.45) is 0 Å². The summed E-state index contributed by atoms with van der Waals surface area (Å²) >= 11 is 0. The van der Waals surface area contributed by atoms with Crippen LogP contribution in [0.2, 0.25) is 0 Å². The molecule has 2 unspecified atom stereocenters. The minimum Gasteiger partial charge on any atom is -0.466 e. The first-order chi connectivity index (χ1) is 43.5. The van der Waals surface area contributed by atoms with Crippen LogP contribution in [-0.4, -0.2) is 47.4 Å². The Balaban J connectivity index is 3.34. The lowest BCUT2D eigenvalue weighted by Crippen LogP contribution is -2.45. The molecule has 0 radical (unpaired) electrons. The molecule has 3 N–H and O–H groups in total. The van der Waals surface area contributed by atoms with Crippen LogP contribution in [0.1, 0.15) is 438 Å². The van der Waals surface area contributed by atoms with Crippen LogP contribution in [-0.2, 0) is 14.3 Å². The minimum absolute atomic E-state index is 0.0134. The Labute approximate surface area is 550 Å². The minimum atomic E-state index is -0.662. The maximum absolute atomic E-state index is 12.5. The van der Waals surface area contributed by atoms with Crippen molar-refractivity contribution in [2.75, 3.05) is 13.2 Å². The zero-order valence-corrected chi connectivity index (χ0v) is 59.5. The molecule has 518 valence electrons. The SMILES string of the molecule is CCCCCC/C=C\C/C=C\CCCCCCCCCC(=O)OCCCCCCCCCCCCCCCCC/C=C\C/C=C\CCCCCCCCCCCCCCCCCCCC(=O)NC(CO)C(O)CCCCCCCCCCCCCCCC. The Bertz CT molecular complexity index is 1470. The standard InChI is InChI=1S/C82H155NO5/c1-3-5-7-9-11-13-15-17-19-20-45-48-52-56-60-64-68-72-76-82(87)88-77-73-69-65-61-57-53-49-46-43-41-39-37-35-33-31-29-27-25-23-21-22-24-26-28-30-32-34-36-38-40-42-44-47-51-55-59-63-67-71-75-81(86)83-79(78-84)80(85)74-70-66-62-58-54-50-18-16-14-12-10-8-6-4-2/h13,15,19-22,25,27,79-80,84-85H,3-12,14,16-18,23-24,26,28-78H2,1-2H3,(H,83,86)/b15-13-,20-19-,22-21-,27-25-. The molecule has 0 bridgehead atoms. The molecule has 0 aliphatic carbocycles. The van der Waals surface area contributed by atoms with Gasteiger partial charge in [-0.05, 0) is 89.9 Å². The van der Waals surface area contributed by atoms with E-state index >= 15 is 0 Å². The normalized spacial score (nSPS) is 12.7. The van der Waals surface area contributed by atoms with E-state index in [-0.39, 0.29) is 18.5 Å². The zero-order valence-electron chi connectivity index (χ0n) is 59.5. The quantitative estimate of drug-likeness (QED) is 0.0320. The number of carbonyl (C=O) groups is 2. The van der Waals surface area contributed by atoms with Crippen molar-refractivity contribution in [3.8, 4) is 0 Å². The van der Waals surface area contributed by atoms with E-state index in [1.165, 1.54) is 347 Å². The summed E-state index contributed by atoms with van der Waals surface area (Å²) in [5.74, 6) is -0.0160. The van der Waals surface area contributed by atoms with Gasteiger partial charge in [0.05, 0.1) is 25.4 Å². The summed E-state index contributed by atoms with van der Waals surface area (Å²) in [6.45, 7) is 4.97. The fourth-order valence-electron chi connectivity index (χ4n) is 12.5. The number of rotatable bonds is 75. The van der Waals surface area contributed by atoms with Crippen LogP contribution in [0, 0.1) is 0 Å². The van der Waals surface area contributed by atoms with Crippen LogP contribution in [0.15, 0.2) is 48.6 Å². The average molecular weight is 1240 g/mol. The van der Waals surface area contributed by atoms with Crippen LogP contribution in [0.5, 0.6) is 0 Å². The second-order valence-corrected chi connectivity index (χ2v) is 27.4. The highest BCUT2D eigenvalue weighted by Gasteiger charge is 2.20. The predicted molar refractivity (Wildman–Crippen MR) is 389 cm³/mol. The third kappa shape index (κ3) is 72.9. The third-order valence-electron chi connectivity index (χ3n) is 18.6. The highest BCUT2D eigenvalue weighted by Crippen LogP contribution is 2.19. The first kappa shape index (κ1) is 85.8. The van der Waals surface area contributed by atoms with E-state index in [1.54, 1.807) is 0 Å². The molecule has 0 aliphatic rings. The van der Waals surface area contributed by atoms with Crippen molar-refractivity contribution in [3.05, 3.63) is 48.6 Å². The van der Waals surface area contributed by atoms with E-state index in [2.05, 4.69) is 67.8 Å². The number of ether oxygens (including phenoxy) is 1. The van der Waals surface area contributed by atoms with Gasteiger partial charge >= 0.3 is 5.97 Å². The number of nitrogens with one attached hydrogen (secondary N) is 1. The first-order valence-electron chi connectivity index (χ1n) is 39.9. The number of aliphatic hydroxyl groups is 2. The lowest BCUT2D eigenvalue weighted by Gasteiger charge is -2.22. The first-order valence-corrected chi connectivity index (χ1v) is 39.9. The van der Waals surface area contributed by atoms with Crippen molar-refractivity contribution in [1.29, 1.82) is 0 Å². The molecule has 0 fully saturated rings. The van der Waals surface area contributed by atoms with E-state index in [9.17, 15) is 19.8 Å². The summed E-state index contributed by atoms with van der Waals surface area (Å²) in [5.41, 5.74) is 0. The van der Waals surface area contributed by atoms with Gasteiger partial charge in [0.25, 0.3) is 0 Å². The number of hydrogen-bond acceptors (Lipinski definition) is 5. The Hall–Kier alpha value is -2.18. The molecule has 0 spiro atoms. The summed E-state index contributed by atoms with van der Waals surface area (Å²) in [5, 5.41) is 23.3. The molecule has 0 saturated heterocycles. The van der Waals surface area contributed by atoms with Crippen LogP contribution < -0.4 is 5.32 Å². The van der Waals surface area contributed by atoms with Gasteiger partial charge in [-0.1, -0.05) is 383 Å². The second kappa shape index (κ2) is 77.3. The van der Waals surface area contributed by atoms with Gasteiger partial charge in [0, 0.05) is 12.8 Å². The lowest BCUT2D eigenvalue weighted by atomic mass is 10.0. The molecule has 0 rings (SSSR count). The molecule has 6 nitrogen and oxygen atoms in total. The van der Waals surface area contributed by atoms with Gasteiger partial charge in [0.15, 0.2) is 0 Å². The molecule has 6 heteroatoms. The molecule has 88 heavy (non-hydrogen) atoms. The lowest BCUT2D eigenvalue weighted by molar-refractivity contribution is -0.143. The average Bonchev–Trinajstić information content (AvgIpc) is 3.58. The van der Waals surface area contributed by atoms with Gasteiger partial charge in [-0.15, -0.1) is 0 Å². The van der Waals surface area contributed by atoms with Gasteiger partial charge in [0.2, 0.25) is 5.91 Å². The molecule has 0 saturated carbocycles. The van der Waals surface area contributed by atoms with Gasteiger partial charge < -0.3 is 20.3 Å². The van der Waals surface area contributed by atoms with Crippen molar-refractivity contribution in [2.45, 2.75) is 450 Å². The molecular formula is C82H155NO5. The molecule has 0 aliphatic heterocycles. The molecule has 0 heterocycles. The van der Waals surface area contributed by atoms with Crippen LogP contribution >= 0.6 is 0 Å². The number of unbranched alkanes of at least 4 members (excludes halogenated alkanes) is 56. The van der Waals surface area contributed by atoms with Crippen LogP contribution in [0.3, 0.4) is 0 Å². The van der Waals surface area contributed by atoms with E-state index in [0.29, 0.717) is 25.9 Å². The summed E-state index contributed by atoms with van der Waals surface area (Å²) in [7, 11) is 0. The van der Waals surface area contributed by atoms with Gasteiger partial charge in [0.1, 0.15) is 0 Å². The number of amides is 1. The number of hydrogen-bond donors (Lipinski definition) is 3. The molecule has 0 aromatic carbocycles. The summed E-state index contributed by atoms with van der Waals surface area (Å²) in [6, 6.07) is -0.539. The number of esters is 1. The van der Waals surface area contributed by atoms with Crippen molar-refractivity contribution >= 4 is 11.9 Å². The van der Waals surface area contributed by atoms with E-state index in [0.717, 1.165) is 57.8 Å². The summed E-state index contributed by atoms with van der Waals surface area (Å²) in [4.78, 5) is 24.6. The zero-order chi connectivity index (χ0) is 63.5. The molecule has 1 amide bonds. The van der Waals surface area contributed by atoms with Crippen molar-refractivity contribution in [1.82, 2.24) is 5.32 Å². The third-order valence-corrected chi connectivity index (χ3v) is 18.6. The van der Waals surface area contributed by atoms with Crippen LogP contribution in [0.25, 0.3) is 0 Å². The second-order valence-electron chi connectivity index (χ2n) is 27.4. The van der Waals surface area contributed by atoms with E-state index < -0.39 is 12.1 Å². The van der Waals surface area contributed by atoms with Gasteiger partial charge in [-0.2, -0.15) is 0 Å². The van der Waals surface area contributed by atoms with Crippen molar-refractivity contribution < 1.29 is 24.5 Å². The van der Waals surface area contributed by atoms with Gasteiger partial charge in [-0.3, -0.25) is 9.59 Å². The number of carbonyl (C=O) groups excluding carboxylic acids is 2. The van der Waals surface area contributed by atoms with E-state index in [4.69, 9.17) is 4.74 Å². The Morgan fingerprint density at radius 1 is 0.318 bits per heavy atom. The highest BCUT2D eigenvalue weighted by atomic mass is 16.5. The van der Waals surface area contributed by atoms with E-state index in [1.807, 2.05) is 0 Å². The summed E-state index contributed by atoms with van der Waals surface area (Å²) < 4.78 is 5.51. The Morgan fingerprint density at radius 3 is 0.875 bits per heavy atom. The topological polar surface area (TPSA) is 95.9 Å². The predicted octanol–water partition coefficient (Wildman–Crippen LogP) is 26.4. The summed E-state index contributed by atoms with van der Waals surface area (Å²) in [6.07, 6.45) is 102. The largest absolute Gasteiger partial charge is 0.466 e. The highest BCUT2D eigenvalue weighted by molar-refractivity contribution is 5.76. The molecule has 0 aromatic rings. The Morgan fingerprint density at radius 2 is 0.568 bits per heavy atom. The molecule has 0 aromatic heterocycles. The van der Waals surface area contributed by atoms with Crippen LogP contribution in [0.4, 0.5) is 0 Å². The van der Waals surface area contributed by atoms with Gasteiger partial charge in [-0.25, -0.2) is 0 Å². The Kier molecular flexibility index (Phi) is 75.4. The number of allylic oxidation sites excluding steroid dienone is 8. The fourth-order valence-corrected chi connectivity index (χ4v) is 12.5. The molecule has 2 atom stereocenters. The van der Waals surface area contributed by atoms with Crippen molar-refractivity contribution in [3.63, 3.8) is 0 Å². The fraction of sp³-hybridized carbons (Fsp3) is 0.878. The maximum atomic E-state index is 12.5.